The molecule has 0 radical (unpaired) electrons. The van der Waals surface area contributed by atoms with Crippen LogP contribution in [0.4, 0.5) is 10.1 Å². The molecule has 118 valence electrons. The summed E-state index contributed by atoms with van der Waals surface area (Å²) in [6.07, 6.45) is 1.49. The number of nitriles is 1. The normalized spacial score (nSPS) is 14.2. The zero-order valence-electron chi connectivity index (χ0n) is 12.6. The van der Waals surface area contributed by atoms with Crippen molar-refractivity contribution < 1.29 is 12.8 Å². The maximum Gasteiger partial charge on any atom is 0.265 e. The number of nitrogens with zero attached hydrogens (tertiary/aromatic N) is 2. The van der Waals surface area contributed by atoms with Crippen molar-refractivity contribution in [3.63, 3.8) is 0 Å². The maximum atomic E-state index is 13.8. The number of anilines is 1. The zero-order chi connectivity index (χ0) is 16.6. The molecule has 4 nitrogen and oxygen atoms in total. The molecular weight excluding hydrogens is 315 g/mol. The number of aryl methyl sites for hydroxylation is 2. The van der Waals surface area contributed by atoms with Gasteiger partial charge < -0.3 is 0 Å². The summed E-state index contributed by atoms with van der Waals surface area (Å²) in [6.45, 7) is 2.27. The molecule has 1 aliphatic heterocycles. The summed E-state index contributed by atoms with van der Waals surface area (Å²) in [5.74, 6) is -0.824. The quantitative estimate of drug-likeness (QED) is 0.850. The van der Waals surface area contributed by atoms with Crippen LogP contribution in [0.15, 0.2) is 41.3 Å². The summed E-state index contributed by atoms with van der Waals surface area (Å²) in [7, 11) is -3.98. The molecule has 0 saturated carbocycles. The van der Waals surface area contributed by atoms with Gasteiger partial charge in [-0.15, -0.1) is 0 Å². The molecular formula is C17H15FN2O2S. The highest BCUT2D eigenvalue weighted by Gasteiger charge is 2.31. The van der Waals surface area contributed by atoms with Crippen molar-refractivity contribution in [3.05, 3.63) is 58.9 Å². The van der Waals surface area contributed by atoms with Crippen LogP contribution in [0.5, 0.6) is 0 Å². The highest BCUT2D eigenvalue weighted by atomic mass is 32.2. The van der Waals surface area contributed by atoms with Gasteiger partial charge in [0, 0.05) is 6.54 Å². The van der Waals surface area contributed by atoms with E-state index in [1.54, 1.807) is 12.1 Å². The molecule has 0 saturated heterocycles. The van der Waals surface area contributed by atoms with E-state index in [9.17, 15) is 12.8 Å². The molecule has 2 aromatic rings. The number of sulfonamides is 1. The second-order valence-electron chi connectivity index (χ2n) is 5.54. The van der Waals surface area contributed by atoms with Crippen LogP contribution >= 0.6 is 0 Å². The van der Waals surface area contributed by atoms with Crippen LogP contribution in [-0.4, -0.2) is 15.0 Å². The third-order valence-electron chi connectivity index (χ3n) is 3.97. The zero-order valence-corrected chi connectivity index (χ0v) is 13.4. The third kappa shape index (κ3) is 2.57. The van der Waals surface area contributed by atoms with Crippen LogP contribution in [0.1, 0.15) is 23.1 Å². The fourth-order valence-electron chi connectivity index (χ4n) is 2.89. The second kappa shape index (κ2) is 5.67. The molecule has 0 atom stereocenters. The first kappa shape index (κ1) is 15.5. The van der Waals surface area contributed by atoms with E-state index < -0.39 is 21.4 Å². The molecule has 0 unspecified atom stereocenters. The van der Waals surface area contributed by atoms with Gasteiger partial charge in [-0.05, 0) is 43.5 Å². The van der Waals surface area contributed by atoms with E-state index in [1.165, 1.54) is 16.4 Å². The van der Waals surface area contributed by atoms with E-state index in [-0.39, 0.29) is 4.90 Å². The molecule has 2 aromatic carbocycles. The number of rotatable bonds is 2. The van der Waals surface area contributed by atoms with E-state index in [2.05, 4.69) is 0 Å². The lowest BCUT2D eigenvalue weighted by Gasteiger charge is -2.31. The van der Waals surface area contributed by atoms with Gasteiger partial charge in [-0.3, -0.25) is 4.31 Å². The van der Waals surface area contributed by atoms with Gasteiger partial charge >= 0.3 is 0 Å². The number of halogens is 1. The molecule has 0 aromatic heterocycles. The molecule has 0 amide bonds. The Bertz CT molecular complexity index is 917. The van der Waals surface area contributed by atoms with Crippen molar-refractivity contribution in [2.45, 2.75) is 24.7 Å². The minimum absolute atomic E-state index is 0.284. The fourth-order valence-corrected chi connectivity index (χ4v) is 4.58. The molecule has 0 N–H and O–H groups in total. The summed E-state index contributed by atoms with van der Waals surface area (Å²) >= 11 is 0. The number of benzene rings is 2. The first-order valence-corrected chi connectivity index (χ1v) is 8.70. The molecule has 0 spiro atoms. The van der Waals surface area contributed by atoms with E-state index in [4.69, 9.17) is 5.26 Å². The van der Waals surface area contributed by atoms with Gasteiger partial charge in [0.15, 0.2) is 0 Å². The largest absolute Gasteiger partial charge is 0.266 e. The van der Waals surface area contributed by atoms with Gasteiger partial charge in [0.2, 0.25) is 0 Å². The van der Waals surface area contributed by atoms with Crippen LogP contribution in [0.2, 0.25) is 0 Å². The molecule has 3 rings (SSSR count). The first-order chi connectivity index (χ1) is 10.9. The van der Waals surface area contributed by atoms with Gasteiger partial charge in [0.1, 0.15) is 22.3 Å². The minimum atomic E-state index is -3.98. The average molecular weight is 330 g/mol. The third-order valence-corrected chi connectivity index (χ3v) is 5.82. The van der Waals surface area contributed by atoms with Crippen molar-refractivity contribution in [2.75, 3.05) is 10.8 Å². The molecule has 0 bridgehead atoms. The monoisotopic (exact) mass is 330 g/mol. The van der Waals surface area contributed by atoms with Crippen molar-refractivity contribution in [1.29, 1.82) is 5.26 Å². The van der Waals surface area contributed by atoms with Crippen LogP contribution in [0.3, 0.4) is 0 Å². The lowest BCUT2D eigenvalue weighted by molar-refractivity contribution is 0.581. The van der Waals surface area contributed by atoms with Gasteiger partial charge in [0.25, 0.3) is 10.0 Å². The van der Waals surface area contributed by atoms with E-state index in [1.807, 2.05) is 19.1 Å². The lowest BCUT2D eigenvalue weighted by atomic mass is 10.0. The van der Waals surface area contributed by atoms with Crippen molar-refractivity contribution in [2.24, 2.45) is 0 Å². The maximum absolute atomic E-state index is 13.8. The Balaban J connectivity index is 2.17. The highest BCUT2D eigenvalue weighted by molar-refractivity contribution is 7.92. The Morgan fingerprint density at radius 3 is 2.78 bits per heavy atom. The Labute approximate surface area is 134 Å². The Morgan fingerprint density at radius 1 is 1.26 bits per heavy atom. The molecule has 0 fully saturated rings. The molecule has 6 heteroatoms. The topological polar surface area (TPSA) is 61.2 Å². The molecule has 0 aliphatic carbocycles. The van der Waals surface area contributed by atoms with Gasteiger partial charge in [-0.1, -0.05) is 23.8 Å². The highest BCUT2D eigenvalue weighted by Crippen LogP contribution is 2.33. The molecule has 1 aliphatic rings. The first-order valence-electron chi connectivity index (χ1n) is 7.26. The molecule has 23 heavy (non-hydrogen) atoms. The van der Waals surface area contributed by atoms with Crippen LogP contribution in [0, 0.1) is 24.1 Å². The number of hydrogen-bond acceptors (Lipinski definition) is 3. The summed E-state index contributed by atoms with van der Waals surface area (Å²) in [4.78, 5) is -0.284. The van der Waals surface area contributed by atoms with Crippen molar-refractivity contribution >= 4 is 15.7 Å². The van der Waals surface area contributed by atoms with Crippen LogP contribution in [0.25, 0.3) is 0 Å². The summed E-state index contributed by atoms with van der Waals surface area (Å²) in [5, 5.41) is 9.12. The Morgan fingerprint density at radius 2 is 2.04 bits per heavy atom. The number of fused-ring (bicyclic) bond motifs is 1. The lowest BCUT2D eigenvalue weighted by Crippen LogP contribution is -2.36. The predicted octanol–water partition coefficient (Wildman–Crippen LogP) is 3.15. The second-order valence-corrected chi connectivity index (χ2v) is 7.37. The van der Waals surface area contributed by atoms with Crippen molar-refractivity contribution in [1.82, 2.24) is 0 Å². The van der Waals surface area contributed by atoms with Gasteiger partial charge in [-0.25, -0.2) is 12.8 Å². The van der Waals surface area contributed by atoms with Crippen LogP contribution < -0.4 is 4.31 Å². The van der Waals surface area contributed by atoms with E-state index in [0.717, 1.165) is 23.6 Å². The standard InChI is InChI=1S/C17H15FN2O2S/c1-12-7-8-16-13(10-12)4-3-9-20(16)23(21,22)17-6-2-5-15(18)14(17)11-19/h2,5-8,10H,3-4,9H2,1H3. The SMILES string of the molecule is Cc1ccc2c(c1)CCCN2S(=O)(=O)c1cccc(F)c1C#N. The number of hydrogen-bond donors (Lipinski definition) is 0. The summed E-state index contributed by atoms with van der Waals surface area (Å²) in [5.41, 5.74) is 2.18. The van der Waals surface area contributed by atoms with Gasteiger partial charge in [-0.2, -0.15) is 5.26 Å². The van der Waals surface area contributed by atoms with Crippen molar-refractivity contribution in [3.8, 4) is 6.07 Å². The van der Waals surface area contributed by atoms with Crippen LogP contribution in [-0.2, 0) is 16.4 Å². The fraction of sp³-hybridized carbons (Fsp3) is 0.235. The summed E-state index contributed by atoms with van der Waals surface area (Å²) < 4.78 is 41.0. The minimum Gasteiger partial charge on any atom is -0.266 e. The van der Waals surface area contributed by atoms with Gasteiger partial charge in [0.05, 0.1) is 5.69 Å². The van der Waals surface area contributed by atoms with E-state index in [0.29, 0.717) is 18.7 Å². The average Bonchev–Trinajstić information content (AvgIpc) is 2.53. The Hall–Kier alpha value is -2.39. The molecule has 1 heterocycles. The smallest absolute Gasteiger partial charge is 0.265 e. The summed E-state index contributed by atoms with van der Waals surface area (Å²) in [6, 6.07) is 10.9. The predicted molar refractivity (Wildman–Crippen MR) is 85.1 cm³/mol. The van der Waals surface area contributed by atoms with E-state index >= 15 is 0 Å². The Kier molecular flexibility index (Phi) is 3.82.